The van der Waals surface area contributed by atoms with Gasteiger partial charge in [-0.05, 0) is 68.7 Å². The SMILES string of the molecule is c1ccc(-c2nc(-c3ccccc3)nc(-c3ccc(-c4cccc5c4Oc4ccc(-c6ccc7sc8ccccc8c7c6)c6cccc-5c46)c4ccccc34)n2)cc1. The van der Waals surface area contributed by atoms with Crippen LogP contribution in [0.4, 0.5) is 0 Å². The molecule has 0 unspecified atom stereocenters. The van der Waals surface area contributed by atoms with E-state index in [9.17, 15) is 0 Å². The Hall–Kier alpha value is -7.47. The molecule has 12 rings (SSSR count). The monoisotopic (exact) mass is 757 g/mol. The molecular weight excluding hydrogens is 727 g/mol. The van der Waals surface area contributed by atoms with Crippen molar-refractivity contribution < 1.29 is 4.74 Å². The number of aromatic nitrogens is 3. The summed E-state index contributed by atoms with van der Waals surface area (Å²) in [6.07, 6.45) is 0. The molecule has 0 fully saturated rings. The molecule has 0 saturated carbocycles. The molecule has 9 aromatic carbocycles. The summed E-state index contributed by atoms with van der Waals surface area (Å²) >= 11 is 1.85. The van der Waals surface area contributed by atoms with Crippen molar-refractivity contribution >= 4 is 53.1 Å². The van der Waals surface area contributed by atoms with Crippen LogP contribution in [0, 0.1) is 0 Å². The first-order valence-electron chi connectivity index (χ1n) is 19.4. The smallest absolute Gasteiger partial charge is 0.164 e. The van der Waals surface area contributed by atoms with Crippen LogP contribution < -0.4 is 4.74 Å². The van der Waals surface area contributed by atoms with Gasteiger partial charge < -0.3 is 4.74 Å². The van der Waals surface area contributed by atoms with Crippen molar-refractivity contribution in [1.82, 2.24) is 15.0 Å². The van der Waals surface area contributed by atoms with Crippen LogP contribution in [0.1, 0.15) is 0 Å². The van der Waals surface area contributed by atoms with E-state index >= 15 is 0 Å². The average Bonchev–Trinajstić information content (AvgIpc) is 3.67. The molecule has 0 radical (unpaired) electrons. The summed E-state index contributed by atoms with van der Waals surface area (Å²) in [5.41, 5.74) is 9.60. The summed E-state index contributed by atoms with van der Waals surface area (Å²) < 4.78 is 9.62. The number of rotatable bonds is 5. The van der Waals surface area contributed by atoms with E-state index in [2.05, 4.69) is 127 Å². The number of ether oxygens (including phenoxy) is 1. The van der Waals surface area contributed by atoms with Gasteiger partial charge in [0.2, 0.25) is 0 Å². The standard InChI is InChI=1S/C53H31N3OS/c1-3-13-32(14-4-1)51-54-52(33-15-5-2-6-16-33)56-53(55-51)44-27-26-38(36-17-7-8-18-37(36)44)42-22-12-23-43-41-21-11-20-40-35(28-29-46(49(40)41)57-50(42)43)34-25-30-48-45(31-34)39-19-9-10-24-47(39)58-48/h1-31H. The maximum atomic E-state index is 7.00. The number of hydrogen-bond acceptors (Lipinski definition) is 5. The van der Waals surface area contributed by atoms with E-state index in [-0.39, 0.29) is 0 Å². The van der Waals surface area contributed by atoms with E-state index < -0.39 is 0 Å². The summed E-state index contributed by atoms with van der Waals surface area (Å²) in [6, 6.07) is 66.1. The lowest BCUT2D eigenvalue weighted by Gasteiger charge is -2.25. The molecule has 0 spiro atoms. The first kappa shape index (κ1) is 32.7. The maximum absolute atomic E-state index is 7.00. The Balaban J connectivity index is 0.999. The minimum atomic E-state index is 0.629. The minimum Gasteiger partial charge on any atom is -0.455 e. The Kier molecular flexibility index (Phi) is 7.37. The molecular formula is C53H31N3OS. The number of para-hydroxylation sites is 1. The summed E-state index contributed by atoms with van der Waals surface area (Å²) in [4.78, 5) is 15.1. The van der Waals surface area contributed by atoms with Crippen molar-refractivity contribution in [2.45, 2.75) is 0 Å². The zero-order valence-corrected chi connectivity index (χ0v) is 31.9. The molecule has 0 saturated heterocycles. The van der Waals surface area contributed by atoms with E-state index in [1.807, 2.05) is 72.0 Å². The van der Waals surface area contributed by atoms with Crippen LogP contribution in [0.5, 0.6) is 11.5 Å². The van der Waals surface area contributed by atoms with Crippen LogP contribution in [0.15, 0.2) is 188 Å². The lowest BCUT2D eigenvalue weighted by molar-refractivity contribution is 0.489. The molecule has 270 valence electrons. The van der Waals surface area contributed by atoms with E-state index in [0.717, 1.165) is 61.0 Å². The molecule has 5 heteroatoms. The van der Waals surface area contributed by atoms with Crippen molar-refractivity contribution in [2.75, 3.05) is 0 Å². The Morgan fingerprint density at radius 3 is 1.64 bits per heavy atom. The van der Waals surface area contributed by atoms with Crippen LogP contribution in [0.3, 0.4) is 0 Å². The molecule has 11 aromatic rings. The molecule has 1 aliphatic rings. The number of fused-ring (bicyclic) bond motifs is 6. The van der Waals surface area contributed by atoms with Crippen molar-refractivity contribution in [3.63, 3.8) is 0 Å². The highest BCUT2D eigenvalue weighted by molar-refractivity contribution is 7.25. The van der Waals surface area contributed by atoms with Crippen LogP contribution in [-0.2, 0) is 0 Å². The van der Waals surface area contributed by atoms with Crippen LogP contribution >= 0.6 is 11.3 Å². The fourth-order valence-corrected chi connectivity index (χ4v) is 9.75. The third-order valence-electron chi connectivity index (χ3n) is 11.4. The molecule has 3 heterocycles. The summed E-state index contributed by atoms with van der Waals surface area (Å²) in [5, 5.41) is 7.07. The van der Waals surface area contributed by atoms with E-state index in [0.29, 0.717) is 17.5 Å². The quantitative estimate of drug-likeness (QED) is 0.175. The van der Waals surface area contributed by atoms with Gasteiger partial charge in [0.25, 0.3) is 0 Å². The van der Waals surface area contributed by atoms with Gasteiger partial charge in [-0.2, -0.15) is 0 Å². The number of nitrogens with zero attached hydrogens (tertiary/aromatic N) is 3. The molecule has 0 bridgehead atoms. The molecule has 0 aliphatic carbocycles. The van der Waals surface area contributed by atoms with Gasteiger partial charge in [0.1, 0.15) is 11.5 Å². The lowest BCUT2D eigenvalue weighted by Crippen LogP contribution is -2.01. The molecule has 0 atom stereocenters. The van der Waals surface area contributed by atoms with Gasteiger partial charge in [0.05, 0.1) is 0 Å². The Morgan fingerprint density at radius 1 is 0.328 bits per heavy atom. The average molecular weight is 758 g/mol. The molecule has 4 nitrogen and oxygen atoms in total. The number of thiophene rings is 1. The second-order valence-electron chi connectivity index (χ2n) is 14.7. The fourth-order valence-electron chi connectivity index (χ4n) is 8.67. The highest BCUT2D eigenvalue weighted by Crippen LogP contribution is 2.53. The highest BCUT2D eigenvalue weighted by atomic mass is 32.1. The van der Waals surface area contributed by atoms with Crippen molar-refractivity contribution in [2.24, 2.45) is 0 Å². The summed E-state index contributed by atoms with van der Waals surface area (Å²) in [7, 11) is 0. The Labute approximate surface area is 338 Å². The Bertz CT molecular complexity index is 3370. The normalized spacial score (nSPS) is 11.9. The van der Waals surface area contributed by atoms with Gasteiger partial charge in [-0.1, -0.05) is 158 Å². The zero-order chi connectivity index (χ0) is 38.2. The van der Waals surface area contributed by atoms with Gasteiger partial charge in [0, 0.05) is 53.4 Å². The lowest BCUT2D eigenvalue weighted by atomic mass is 9.87. The first-order valence-corrected chi connectivity index (χ1v) is 20.2. The van der Waals surface area contributed by atoms with Gasteiger partial charge in [-0.25, -0.2) is 15.0 Å². The molecule has 0 amide bonds. The molecule has 2 aromatic heterocycles. The number of benzene rings is 9. The largest absolute Gasteiger partial charge is 0.455 e. The predicted octanol–water partition coefficient (Wildman–Crippen LogP) is 14.7. The van der Waals surface area contributed by atoms with E-state index in [1.54, 1.807) is 0 Å². The predicted molar refractivity (Wildman–Crippen MR) is 240 cm³/mol. The minimum absolute atomic E-state index is 0.629. The number of hydrogen-bond donors (Lipinski definition) is 0. The third-order valence-corrected chi connectivity index (χ3v) is 12.5. The molecule has 1 aliphatic heterocycles. The summed E-state index contributed by atoms with van der Waals surface area (Å²) in [6.45, 7) is 0. The summed E-state index contributed by atoms with van der Waals surface area (Å²) in [5.74, 6) is 3.63. The first-order chi connectivity index (χ1) is 28.7. The van der Waals surface area contributed by atoms with E-state index in [1.165, 1.54) is 42.2 Å². The van der Waals surface area contributed by atoms with Gasteiger partial charge in [0.15, 0.2) is 17.5 Å². The Morgan fingerprint density at radius 2 is 0.879 bits per heavy atom. The second-order valence-corrected chi connectivity index (χ2v) is 15.8. The fraction of sp³-hybridized carbons (Fsp3) is 0. The van der Waals surface area contributed by atoms with Crippen molar-refractivity contribution in [3.05, 3.63) is 188 Å². The second kappa shape index (κ2) is 13.1. The van der Waals surface area contributed by atoms with E-state index in [4.69, 9.17) is 19.7 Å². The highest BCUT2D eigenvalue weighted by Gasteiger charge is 2.26. The molecule has 58 heavy (non-hydrogen) atoms. The molecule has 0 N–H and O–H groups in total. The van der Waals surface area contributed by atoms with Gasteiger partial charge >= 0.3 is 0 Å². The van der Waals surface area contributed by atoms with Crippen molar-refractivity contribution in [3.8, 4) is 79.0 Å². The maximum Gasteiger partial charge on any atom is 0.164 e. The van der Waals surface area contributed by atoms with Gasteiger partial charge in [-0.3, -0.25) is 0 Å². The third kappa shape index (κ3) is 5.18. The van der Waals surface area contributed by atoms with Crippen molar-refractivity contribution in [1.29, 1.82) is 0 Å². The van der Waals surface area contributed by atoms with Crippen LogP contribution in [-0.4, -0.2) is 15.0 Å². The van der Waals surface area contributed by atoms with Crippen LogP contribution in [0.25, 0.3) is 109 Å². The van der Waals surface area contributed by atoms with Gasteiger partial charge in [-0.15, -0.1) is 11.3 Å². The van der Waals surface area contributed by atoms with Crippen LogP contribution in [0.2, 0.25) is 0 Å². The zero-order valence-electron chi connectivity index (χ0n) is 31.1. The topological polar surface area (TPSA) is 47.9 Å².